The van der Waals surface area contributed by atoms with Crippen molar-refractivity contribution < 1.29 is 17.2 Å². The molecule has 0 atom stereocenters. The van der Waals surface area contributed by atoms with Gasteiger partial charge in [0.2, 0.25) is 10.0 Å². The predicted octanol–water partition coefficient (Wildman–Crippen LogP) is 1.60. The summed E-state index contributed by atoms with van der Waals surface area (Å²) in [6.07, 6.45) is 0. The van der Waals surface area contributed by atoms with Gasteiger partial charge in [-0.15, -0.1) is 12.4 Å². The van der Waals surface area contributed by atoms with Crippen molar-refractivity contribution in [3.63, 3.8) is 0 Å². The number of benzene rings is 1. The Bertz CT molecular complexity index is 535. The average Bonchev–Trinajstić information content (AvgIpc) is 2.26. The summed E-state index contributed by atoms with van der Waals surface area (Å²) in [7, 11) is -3.94. The minimum Gasteiger partial charge on any atom is -0.325 e. The zero-order valence-electron chi connectivity index (χ0n) is 10.6. The van der Waals surface area contributed by atoms with Gasteiger partial charge in [0, 0.05) is 0 Å². The lowest BCUT2D eigenvalue weighted by Crippen LogP contribution is -2.41. The Balaban J connectivity index is 0.00000324. The molecular weight excluding hydrogens is 298 g/mol. The van der Waals surface area contributed by atoms with Crippen molar-refractivity contribution in [2.45, 2.75) is 24.7 Å². The lowest BCUT2D eigenvalue weighted by molar-refractivity contribution is 0.0170. The molecule has 0 aromatic heterocycles. The van der Waals surface area contributed by atoms with Gasteiger partial charge in [-0.2, -0.15) is 0 Å². The molecule has 4 nitrogen and oxygen atoms in total. The lowest BCUT2D eigenvalue weighted by Gasteiger charge is -2.15. The topological polar surface area (TPSA) is 72.2 Å². The largest absolute Gasteiger partial charge is 0.325 e. The summed E-state index contributed by atoms with van der Waals surface area (Å²) in [5.41, 5.74) is 6.25. The minimum absolute atomic E-state index is 0. The van der Waals surface area contributed by atoms with Crippen molar-refractivity contribution in [3.8, 4) is 0 Å². The van der Waals surface area contributed by atoms with Gasteiger partial charge in [-0.1, -0.05) is 17.7 Å². The first-order valence-electron chi connectivity index (χ1n) is 5.33. The maximum Gasteiger partial charge on any atom is 0.273 e. The highest BCUT2D eigenvalue weighted by Crippen LogP contribution is 2.17. The molecular formula is C11H17ClF2N2O2S. The van der Waals surface area contributed by atoms with E-state index in [4.69, 9.17) is 5.73 Å². The third-order valence-corrected chi connectivity index (χ3v) is 4.00. The van der Waals surface area contributed by atoms with Crippen LogP contribution in [0.15, 0.2) is 23.1 Å². The van der Waals surface area contributed by atoms with E-state index in [0.29, 0.717) is 5.56 Å². The molecule has 1 aromatic carbocycles. The van der Waals surface area contributed by atoms with Crippen LogP contribution in [-0.2, 0) is 10.0 Å². The monoisotopic (exact) mass is 314 g/mol. The minimum atomic E-state index is -3.94. The number of hydrogen-bond acceptors (Lipinski definition) is 3. The summed E-state index contributed by atoms with van der Waals surface area (Å²) in [5, 5.41) is 0. The predicted molar refractivity (Wildman–Crippen MR) is 72.4 cm³/mol. The van der Waals surface area contributed by atoms with Crippen LogP contribution in [0, 0.1) is 13.8 Å². The molecule has 0 heterocycles. The van der Waals surface area contributed by atoms with E-state index in [1.165, 1.54) is 6.07 Å². The second-order valence-corrected chi connectivity index (χ2v) is 5.89. The first-order valence-corrected chi connectivity index (χ1v) is 6.81. The summed E-state index contributed by atoms with van der Waals surface area (Å²) in [5.74, 6) is -3.24. The van der Waals surface area contributed by atoms with Crippen molar-refractivity contribution in [1.29, 1.82) is 0 Å². The molecule has 0 saturated heterocycles. The van der Waals surface area contributed by atoms with E-state index in [9.17, 15) is 17.2 Å². The second-order valence-electron chi connectivity index (χ2n) is 4.15. The molecule has 0 amide bonds. The van der Waals surface area contributed by atoms with E-state index in [1.54, 1.807) is 19.1 Å². The molecule has 0 saturated carbocycles. The zero-order chi connectivity index (χ0) is 14.0. The first kappa shape index (κ1) is 18.2. The second kappa shape index (κ2) is 6.60. The van der Waals surface area contributed by atoms with Gasteiger partial charge in [0.1, 0.15) is 0 Å². The van der Waals surface area contributed by atoms with E-state index in [1.807, 2.05) is 11.6 Å². The normalized spacial score (nSPS) is 12.1. The summed E-state index contributed by atoms with van der Waals surface area (Å²) < 4.78 is 51.4. The molecule has 19 heavy (non-hydrogen) atoms. The van der Waals surface area contributed by atoms with Crippen LogP contribution in [0.2, 0.25) is 0 Å². The van der Waals surface area contributed by atoms with E-state index in [-0.39, 0.29) is 17.3 Å². The van der Waals surface area contributed by atoms with Crippen LogP contribution in [0.5, 0.6) is 0 Å². The van der Waals surface area contributed by atoms with E-state index < -0.39 is 29.0 Å². The molecule has 0 aliphatic heterocycles. The SMILES string of the molecule is Cc1ccc(S(=O)(=O)NCC(F)(F)CN)c(C)c1.Cl. The van der Waals surface area contributed by atoms with Gasteiger partial charge in [0.25, 0.3) is 5.92 Å². The highest BCUT2D eigenvalue weighted by molar-refractivity contribution is 7.89. The van der Waals surface area contributed by atoms with Crippen LogP contribution in [0.4, 0.5) is 8.78 Å². The van der Waals surface area contributed by atoms with E-state index in [0.717, 1.165) is 5.56 Å². The van der Waals surface area contributed by atoms with Gasteiger partial charge in [-0.05, 0) is 25.5 Å². The van der Waals surface area contributed by atoms with Gasteiger partial charge >= 0.3 is 0 Å². The number of rotatable bonds is 5. The van der Waals surface area contributed by atoms with Gasteiger partial charge in [0.05, 0.1) is 18.0 Å². The Morgan fingerprint density at radius 1 is 1.32 bits per heavy atom. The van der Waals surface area contributed by atoms with Crippen LogP contribution in [0.3, 0.4) is 0 Å². The molecule has 1 aromatic rings. The quantitative estimate of drug-likeness (QED) is 0.867. The van der Waals surface area contributed by atoms with Crippen LogP contribution >= 0.6 is 12.4 Å². The summed E-state index contributed by atoms with van der Waals surface area (Å²) in [4.78, 5) is 0.000853. The molecule has 0 unspecified atom stereocenters. The summed E-state index contributed by atoms with van der Waals surface area (Å²) >= 11 is 0. The van der Waals surface area contributed by atoms with E-state index in [2.05, 4.69) is 0 Å². The van der Waals surface area contributed by atoms with Crippen LogP contribution < -0.4 is 10.5 Å². The Morgan fingerprint density at radius 3 is 2.37 bits per heavy atom. The maximum absolute atomic E-state index is 12.9. The third-order valence-electron chi connectivity index (χ3n) is 2.44. The Labute approximate surface area is 117 Å². The highest BCUT2D eigenvalue weighted by atomic mass is 35.5. The molecule has 0 aliphatic carbocycles. The highest BCUT2D eigenvalue weighted by Gasteiger charge is 2.29. The fraction of sp³-hybridized carbons (Fsp3) is 0.455. The van der Waals surface area contributed by atoms with Crippen LogP contribution in [0.1, 0.15) is 11.1 Å². The van der Waals surface area contributed by atoms with Crippen LogP contribution in [-0.4, -0.2) is 27.4 Å². The zero-order valence-corrected chi connectivity index (χ0v) is 12.2. The molecule has 1 rings (SSSR count). The van der Waals surface area contributed by atoms with E-state index >= 15 is 0 Å². The van der Waals surface area contributed by atoms with Crippen LogP contribution in [0.25, 0.3) is 0 Å². The number of alkyl halides is 2. The summed E-state index contributed by atoms with van der Waals surface area (Å²) in [6, 6.07) is 4.69. The molecule has 110 valence electrons. The fourth-order valence-corrected chi connectivity index (χ4v) is 2.74. The Hall–Kier alpha value is -0.760. The first-order chi connectivity index (χ1) is 8.18. The number of halogens is 3. The Kier molecular flexibility index (Phi) is 6.34. The number of hydrogen-bond donors (Lipinski definition) is 2. The maximum atomic E-state index is 12.9. The lowest BCUT2D eigenvalue weighted by atomic mass is 10.2. The molecule has 0 fully saturated rings. The number of nitrogens with two attached hydrogens (primary N) is 1. The Morgan fingerprint density at radius 2 is 1.89 bits per heavy atom. The summed E-state index contributed by atoms with van der Waals surface area (Å²) in [6.45, 7) is 1.53. The molecule has 0 radical (unpaired) electrons. The molecule has 0 spiro atoms. The van der Waals surface area contributed by atoms with Crippen molar-refractivity contribution >= 4 is 22.4 Å². The smallest absolute Gasteiger partial charge is 0.273 e. The van der Waals surface area contributed by atoms with Crippen molar-refractivity contribution in [2.24, 2.45) is 5.73 Å². The van der Waals surface area contributed by atoms with Crippen molar-refractivity contribution in [2.75, 3.05) is 13.1 Å². The number of aryl methyl sites for hydroxylation is 2. The fourth-order valence-electron chi connectivity index (χ4n) is 1.45. The average molecular weight is 315 g/mol. The molecule has 0 bridgehead atoms. The van der Waals surface area contributed by atoms with Gasteiger partial charge in [-0.25, -0.2) is 21.9 Å². The standard InChI is InChI=1S/C11H16F2N2O2S.ClH/c1-8-3-4-10(9(2)5-8)18(16,17)15-7-11(12,13)6-14;/h3-5,15H,6-7,14H2,1-2H3;1H. The van der Waals surface area contributed by atoms with Gasteiger partial charge in [0.15, 0.2) is 0 Å². The molecule has 3 N–H and O–H groups in total. The van der Waals surface area contributed by atoms with Gasteiger partial charge < -0.3 is 5.73 Å². The van der Waals surface area contributed by atoms with Crippen molar-refractivity contribution in [1.82, 2.24) is 4.72 Å². The molecule has 8 heteroatoms. The number of nitrogens with one attached hydrogen (secondary N) is 1. The van der Waals surface area contributed by atoms with Gasteiger partial charge in [-0.3, -0.25) is 0 Å². The number of sulfonamides is 1. The van der Waals surface area contributed by atoms with Crippen molar-refractivity contribution in [3.05, 3.63) is 29.3 Å². The molecule has 0 aliphatic rings. The third kappa shape index (κ3) is 5.02.